The molecule has 7 heteroatoms. The van der Waals surface area contributed by atoms with Crippen LogP contribution in [0.25, 0.3) is 11.2 Å². The van der Waals surface area contributed by atoms with E-state index in [4.69, 9.17) is 0 Å². The lowest BCUT2D eigenvalue weighted by molar-refractivity contribution is 0.602. The second-order valence-electron chi connectivity index (χ2n) is 5.85. The van der Waals surface area contributed by atoms with E-state index in [-0.39, 0.29) is 5.56 Å². The van der Waals surface area contributed by atoms with Gasteiger partial charge in [0.25, 0.3) is 5.56 Å². The van der Waals surface area contributed by atoms with E-state index in [1.54, 1.807) is 7.05 Å². The summed E-state index contributed by atoms with van der Waals surface area (Å²) in [6.07, 6.45) is 0.912. The highest BCUT2D eigenvalue weighted by molar-refractivity contribution is 5.77. The summed E-state index contributed by atoms with van der Waals surface area (Å²) in [7, 11) is 1.62. The summed E-state index contributed by atoms with van der Waals surface area (Å²) in [6, 6.07) is 8.10. The number of nitrogens with one attached hydrogen (secondary N) is 1. The van der Waals surface area contributed by atoms with Crippen LogP contribution >= 0.6 is 0 Å². The molecule has 0 saturated carbocycles. The summed E-state index contributed by atoms with van der Waals surface area (Å²) in [5.74, 6) is 0.715. The van der Waals surface area contributed by atoms with Gasteiger partial charge in [-0.2, -0.15) is 4.98 Å². The lowest BCUT2D eigenvalue weighted by Crippen LogP contribution is -2.31. The minimum absolute atomic E-state index is 0.381. The monoisotopic (exact) mass is 311 g/mol. The molecule has 7 nitrogen and oxygen atoms in total. The van der Waals surface area contributed by atoms with Crippen molar-refractivity contribution in [2.24, 2.45) is 7.05 Å². The Labute approximate surface area is 131 Å². The van der Waals surface area contributed by atoms with Gasteiger partial charge >= 0.3 is 5.69 Å². The molecule has 4 rings (SSSR count). The Balaban J connectivity index is 2.03. The summed E-state index contributed by atoms with van der Waals surface area (Å²) in [6.45, 7) is 3.61. The van der Waals surface area contributed by atoms with Gasteiger partial charge in [-0.1, -0.05) is 18.2 Å². The molecule has 0 aliphatic carbocycles. The molecule has 0 amide bonds. The normalized spacial score (nSPS) is 14.3. The summed E-state index contributed by atoms with van der Waals surface area (Å²) in [5, 5.41) is 0. The Morgan fingerprint density at radius 1 is 1.17 bits per heavy atom. The first-order chi connectivity index (χ1) is 11.1. The molecule has 0 fully saturated rings. The number of benzene rings is 1. The second-order valence-corrected chi connectivity index (χ2v) is 5.85. The SMILES string of the molecule is Cc1ccccc1N1CCCn2c1nc1c2c(=O)[nH]c(=O)n1C. The van der Waals surface area contributed by atoms with E-state index in [2.05, 4.69) is 27.9 Å². The first kappa shape index (κ1) is 13.8. The zero-order chi connectivity index (χ0) is 16.1. The molecule has 1 aromatic carbocycles. The number of rotatable bonds is 1. The van der Waals surface area contributed by atoms with Crippen LogP contribution in [-0.2, 0) is 13.6 Å². The molecule has 1 aliphatic heterocycles. The van der Waals surface area contributed by atoms with E-state index >= 15 is 0 Å². The van der Waals surface area contributed by atoms with Crippen LogP contribution in [-0.4, -0.2) is 25.6 Å². The first-order valence-corrected chi connectivity index (χ1v) is 7.60. The van der Waals surface area contributed by atoms with Crippen LogP contribution in [0.2, 0.25) is 0 Å². The topological polar surface area (TPSA) is 75.9 Å². The van der Waals surface area contributed by atoms with E-state index in [0.717, 1.165) is 30.8 Å². The van der Waals surface area contributed by atoms with Crippen LogP contribution in [0.1, 0.15) is 12.0 Å². The fraction of sp³-hybridized carbons (Fsp3) is 0.312. The van der Waals surface area contributed by atoms with Crippen molar-refractivity contribution in [1.29, 1.82) is 0 Å². The molecule has 0 spiro atoms. The maximum Gasteiger partial charge on any atom is 0.329 e. The van der Waals surface area contributed by atoms with Gasteiger partial charge in [0.15, 0.2) is 11.2 Å². The molecular formula is C16H17N5O2. The number of aryl methyl sites for hydroxylation is 3. The Hall–Kier alpha value is -2.83. The van der Waals surface area contributed by atoms with Gasteiger partial charge in [0.05, 0.1) is 0 Å². The molecule has 0 unspecified atom stereocenters. The van der Waals surface area contributed by atoms with Gasteiger partial charge in [-0.3, -0.25) is 14.3 Å². The van der Waals surface area contributed by atoms with Gasteiger partial charge in [-0.05, 0) is 25.0 Å². The van der Waals surface area contributed by atoms with E-state index in [1.807, 2.05) is 22.8 Å². The summed E-state index contributed by atoms with van der Waals surface area (Å²) < 4.78 is 3.29. The van der Waals surface area contributed by atoms with Gasteiger partial charge in [-0.25, -0.2) is 4.79 Å². The van der Waals surface area contributed by atoms with Crippen LogP contribution in [0, 0.1) is 6.92 Å². The summed E-state index contributed by atoms with van der Waals surface area (Å²) >= 11 is 0. The summed E-state index contributed by atoms with van der Waals surface area (Å²) in [4.78, 5) is 33.1. The lowest BCUT2D eigenvalue weighted by atomic mass is 10.1. The van der Waals surface area contributed by atoms with Crippen molar-refractivity contribution >= 4 is 22.8 Å². The predicted octanol–water partition coefficient (Wildman–Crippen LogP) is 1.27. The number of para-hydroxylation sites is 1. The van der Waals surface area contributed by atoms with Crippen molar-refractivity contribution in [2.75, 3.05) is 11.4 Å². The maximum absolute atomic E-state index is 12.2. The number of hydrogen-bond donors (Lipinski definition) is 1. The molecule has 2 aromatic heterocycles. The third kappa shape index (κ3) is 1.93. The smallest absolute Gasteiger partial charge is 0.312 e. The van der Waals surface area contributed by atoms with Gasteiger partial charge in [-0.15, -0.1) is 0 Å². The average Bonchev–Trinajstić information content (AvgIpc) is 2.93. The predicted molar refractivity (Wildman–Crippen MR) is 88.4 cm³/mol. The van der Waals surface area contributed by atoms with Crippen LogP contribution < -0.4 is 16.1 Å². The van der Waals surface area contributed by atoms with Crippen LogP contribution in [0.5, 0.6) is 0 Å². The Bertz CT molecular complexity index is 1030. The van der Waals surface area contributed by atoms with Crippen molar-refractivity contribution < 1.29 is 0 Å². The first-order valence-electron chi connectivity index (χ1n) is 7.60. The number of aromatic nitrogens is 4. The number of H-pyrrole nitrogens is 1. The molecule has 3 heterocycles. The standard InChI is InChI=1S/C16H17N5O2/c1-10-6-3-4-7-11(10)20-8-5-9-21-12-13(17-15(20)21)19(2)16(23)18-14(12)22/h3-4,6-7H,5,8-9H2,1-2H3,(H,18,22,23). The molecule has 23 heavy (non-hydrogen) atoms. The van der Waals surface area contributed by atoms with Crippen LogP contribution in [0.3, 0.4) is 0 Å². The van der Waals surface area contributed by atoms with Crippen molar-refractivity contribution in [3.8, 4) is 0 Å². The third-order valence-corrected chi connectivity index (χ3v) is 4.40. The van der Waals surface area contributed by atoms with E-state index < -0.39 is 5.69 Å². The largest absolute Gasteiger partial charge is 0.329 e. The maximum atomic E-state index is 12.2. The molecule has 3 aromatic rings. The van der Waals surface area contributed by atoms with Crippen molar-refractivity contribution in [2.45, 2.75) is 19.9 Å². The molecule has 1 aliphatic rings. The van der Waals surface area contributed by atoms with E-state index in [9.17, 15) is 9.59 Å². The highest BCUT2D eigenvalue weighted by Gasteiger charge is 2.26. The van der Waals surface area contributed by atoms with Crippen molar-refractivity contribution in [1.82, 2.24) is 19.1 Å². The lowest BCUT2D eigenvalue weighted by Gasteiger charge is -2.30. The average molecular weight is 311 g/mol. The third-order valence-electron chi connectivity index (χ3n) is 4.40. The van der Waals surface area contributed by atoms with E-state index in [1.165, 1.54) is 4.57 Å². The minimum atomic E-state index is -0.444. The van der Waals surface area contributed by atoms with Crippen LogP contribution in [0.15, 0.2) is 33.9 Å². The van der Waals surface area contributed by atoms with Crippen molar-refractivity contribution in [3.05, 3.63) is 50.7 Å². The molecule has 0 saturated heterocycles. The van der Waals surface area contributed by atoms with Gasteiger partial charge < -0.3 is 9.47 Å². The fourth-order valence-electron chi connectivity index (χ4n) is 3.22. The number of nitrogens with zero attached hydrogens (tertiary/aromatic N) is 4. The molecule has 1 N–H and O–H groups in total. The van der Waals surface area contributed by atoms with Gasteiger partial charge in [0, 0.05) is 25.8 Å². The van der Waals surface area contributed by atoms with E-state index in [0.29, 0.717) is 17.1 Å². The molecule has 0 atom stereocenters. The van der Waals surface area contributed by atoms with Crippen molar-refractivity contribution in [3.63, 3.8) is 0 Å². The number of anilines is 2. The number of hydrogen-bond acceptors (Lipinski definition) is 4. The fourth-order valence-corrected chi connectivity index (χ4v) is 3.22. The Morgan fingerprint density at radius 3 is 2.74 bits per heavy atom. The zero-order valence-corrected chi connectivity index (χ0v) is 13.0. The number of aromatic amines is 1. The Morgan fingerprint density at radius 2 is 1.96 bits per heavy atom. The number of fused-ring (bicyclic) bond motifs is 3. The van der Waals surface area contributed by atoms with Crippen LogP contribution in [0.4, 0.5) is 11.6 Å². The Kier molecular flexibility index (Phi) is 2.90. The zero-order valence-electron chi connectivity index (χ0n) is 13.0. The minimum Gasteiger partial charge on any atom is -0.312 e. The molecule has 118 valence electrons. The number of imidazole rings is 1. The summed E-state index contributed by atoms with van der Waals surface area (Å²) in [5.41, 5.74) is 2.28. The molecule has 0 bridgehead atoms. The molecule has 0 radical (unpaired) electrons. The van der Waals surface area contributed by atoms with Gasteiger partial charge in [0.2, 0.25) is 5.95 Å². The quantitative estimate of drug-likeness (QED) is 0.734. The highest BCUT2D eigenvalue weighted by Crippen LogP contribution is 2.32. The second kappa shape index (κ2) is 4.84. The highest BCUT2D eigenvalue weighted by atomic mass is 16.2. The molecular weight excluding hydrogens is 294 g/mol. The van der Waals surface area contributed by atoms with Gasteiger partial charge in [0.1, 0.15) is 0 Å².